The van der Waals surface area contributed by atoms with Crippen LogP contribution in [0.3, 0.4) is 0 Å². The maximum Gasteiger partial charge on any atom is 0.164 e. The van der Waals surface area contributed by atoms with Gasteiger partial charge in [0, 0.05) is 25.1 Å². The average Bonchev–Trinajstić information content (AvgIpc) is 2.50. The largest absolute Gasteiger partial charge is 0.489 e. The summed E-state index contributed by atoms with van der Waals surface area (Å²) in [7, 11) is 0. The molecule has 1 aromatic rings. The lowest BCUT2D eigenvalue weighted by atomic mass is 9.97. The van der Waals surface area contributed by atoms with Gasteiger partial charge in [-0.2, -0.15) is 0 Å². The molecule has 1 aromatic carbocycles. The second kappa shape index (κ2) is 7.64. The van der Waals surface area contributed by atoms with Crippen molar-refractivity contribution in [3.63, 3.8) is 0 Å². The summed E-state index contributed by atoms with van der Waals surface area (Å²) in [6.45, 7) is 5.42. The van der Waals surface area contributed by atoms with Crippen LogP contribution in [0.5, 0.6) is 11.5 Å². The number of ether oxygens (including phenoxy) is 2. The predicted octanol–water partition coefficient (Wildman–Crippen LogP) is 0.968. The number of aliphatic hydroxyl groups is 2. The van der Waals surface area contributed by atoms with E-state index >= 15 is 0 Å². The zero-order chi connectivity index (χ0) is 15.2. The number of benzene rings is 1. The van der Waals surface area contributed by atoms with E-state index in [0.717, 1.165) is 17.7 Å². The fourth-order valence-electron chi connectivity index (χ4n) is 2.30. The Hall–Kier alpha value is -1.30. The molecule has 5 nitrogen and oxygen atoms in total. The van der Waals surface area contributed by atoms with Crippen molar-refractivity contribution in [3.8, 4) is 11.5 Å². The fraction of sp³-hybridized carbons (Fsp3) is 0.625. The van der Waals surface area contributed by atoms with Gasteiger partial charge in [0.15, 0.2) is 11.5 Å². The van der Waals surface area contributed by atoms with E-state index in [4.69, 9.17) is 9.47 Å². The molecule has 0 amide bonds. The molecular weight excluding hydrogens is 270 g/mol. The van der Waals surface area contributed by atoms with Gasteiger partial charge < -0.3 is 25.0 Å². The van der Waals surface area contributed by atoms with Crippen LogP contribution in [-0.2, 0) is 6.42 Å². The van der Waals surface area contributed by atoms with Crippen molar-refractivity contribution in [1.82, 2.24) is 5.32 Å². The zero-order valence-electron chi connectivity index (χ0n) is 12.7. The van der Waals surface area contributed by atoms with Crippen molar-refractivity contribution in [3.05, 3.63) is 23.8 Å². The summed E-state index contributed by atoms with van der Waals surface area (Å²) in [5.41, 5.74) is 1.05. The third-order valence-electron chi connectivity index (χ3n) is 3.48. The SMILES string of the molecule is CC(C)NCC(O)COc1cccc2c1OCC(CO)C2. The van der Waals surface area contributed by atoms with Gasteiger partial charge in [0.05, 0.1) is 6.61 Å². The second-order valence-corrected chi connectivity index (χ2v) is 5.84. The Labute approximate surface area is 125 Å². The first-order valence-corrected chi connectivity index (χ1v) is 7.50. The van der Waals surface area contributed by atoms with E-state index in [1.54, 1.807) is 0 Å². The molecule has 2 atom stereocenters. The highest BCUT2D eigenvalue weighted by atomic mass is 16.5. The second-order valence-electron chi connectivity index (χ2n) is 5.84. The first kappa shape index (κ1) is 16.1. The highest BCUT2D eigenvalue weighted by Crippen LogP contribution is 2.36. The van der Waals surface area contributed by atoms with Gasteiger partial charge in [-0.15, -0.1) is 0 Å². The van der Waals surface area contributed by atoms with Crippen LogP contribution in [0.15, 0.2) is 18.2 Å². The van der Waals surface area contributed by atoms with Gasteiger partial charge in [0.1, 0.15) is 12.7 Å². The van der Waals surface area contributed by atoms with Crippen LogP contribution in [0.2, 0.25) is 0 Å². The van der Waals surface area contributed by atoms with Crippen LogP contribution < -0.4 is 14.8 Å². The van der Waals surface area contributed by atoms with Crippen molar-refractivity contribution in [2.24, 2.45) is 5.92 Å². The van der Waals surface area contributed by atoms with Crippen molar-refractivity contribution < 1.29 is 19.7 Å². The highest BCUT2D eigenvalue weighted by molar-refractivity contribution is 5.47. The fourth-order valence-corrected chi connectivity index (χ4v) is 2.30. The summed E-state index contributed by atoms with van der Waals surface area (Å²) in [6.07, 6.45) is 0.234. The van der Waals surface area contributed by atoms with Crippen LogP contribution >= 0.6 is 0 Å². The van der Waals surface area contributed by atoms with Gasteiger partial charge in [-0.25, -0.2) is 0 Å². The van der Waals surface area contributed by atoms with E-state index < -0.39 is 6.10 Å². The molecule has 118 valence electrons. The molecule has 1 heterocycles. The molecule has 3 N–H and O–H groups in total. The molecule has 2 rings (SSSR count). The van der Waals surface area contributed by atoms with Gasteiger partial charge in [-0.1, -0.05) is 26.0 Å². The van der Waals surface area contributed by atoms with Gasteiger partial charge in [-0.05, 0) is 18.1 Å². The molecular formula is C16H25NO4. The van der Waals surface area contributed by atoms with E-state index in [-0.39, 0.29) is 19.1 Å². The Morgan fingerprint density at radius 2 is 2.24 bits per heavy atom. The first-order chi connectivity index (χ1) is 10.1. The third-order valence-corrected chi connectivity index (χ3v) is 3.48. The summed E-state index contributed by atoms with van der Waals surface area (Å²) in [6, 6.07) is 6.08. The van der Waals surface area contributed by atoms with E-state index in [0.29, 0.717) is 24.9 Å². The molecule has 0 aliphatic carbocycles. The molecule has 0 fully saturated rings. The number of fused-ring (bicyclic) bond motifs is 1. The Morgan fingerprint density at radius 3 is 2.95 bits per heavy atom. The lowest BCUT2D eigenvalue weighted by molar-refractivity contribution is 0.0982. The summed E-state index contributed by atoms with van der Waals surface area (Å²) in [5, 5.41) is 22.3. The number of hydrogen-bond donors (Lipinski definition) is 3. The summed E-state index contributed by atoms with van der Waals surface area (Å²) in [5.74, 6) is 1.55. The highest BCUT2D eigenvalue weighted by Gasteiger charge is 2.22. The normalized spacial score (nSPS) is 19.0. The molecule has 0 saturated heterocycles. The molecule has 1 aliphatic rings. The topological polar surface area (TPSA) is 71.0 Å². The number of hydrogen-bond acceptors (Lipinski definition) is 5. The molecule has 0 saturated carbocycles. The van der Waals surface area contributed by atoms with E-state index in [2.05, 4.69) is 5.32 Å². The smallest absolute Gasteiger partial charge is 0.164 e. The summed E-state index contributed by atoms with van der Waals surface area (Å²) < 4.78 is 11.4. The minimum absolute atomic E-state index is 0.129. The maximum absolute atomic E-state index is 9.88. The minimum atomic E-state index is -0.558. The Bertz CT molecular complexity index is 450. The van der Waals surface area contributed by atoms with Gasteiger partial charge >= 0.3 is 0 Å². The predicted molar refractivity (Wildman–Crippen MR) is 80.9 cm³/mol. The van der Waals surface area contributed by atoms with Gasteiger partial charge in [0.25, 0.3) is 0 Å². The molecule has 21 heavy (non-hydrogen) atoms. The number of rotatable bonds is 7. The monoisotopic (exact) mass is 295 g/mol. The van der Waals surface area contributed by atoms with Crippen LogP contribution in [0.4, 0.5) is 0 Å². The molecule has 1 aliphatic heterocycles. The van der Waals surface area contributed by atoms with Crippen LogP contribution in [0.25, 0.3) is 0 Å². The van der Waals surface area contributed by atoms with Crippen LogP contribution in [0.1, 0.15) is 19.4 Å². The van der Waals surface area contributed by atoms with Crippen molar-refractivity contribution in [2.45, 2.75) is 32.4 Å². The zero-order valence-corrected chi connectivity index (χ0v) is 12.7. The number of aliphatic hydroxyl groups excluding tert-OH is 2. The Balaban J connectivity index is 1.92. The van der Waals surface area contributed by atoms with Crippen LogP contribution in [-0.4, -0.2) is 48.7 Å². The lowest BCUT2D eigenvalue weighted by Crippen LogP contribution is -2.35. The molecule has 2 unspecified atom stereocenters. The summed E-state index contributed by atoms with van der Waals surface area (Å²) in [4.78, 5) is 0. The molecule has 0 aromatic heterocycles. The molecule has 0 spiro atoms. The summed E-state index contributed by atoms with van der Waals surface area (Å²) >= 11 is 0. The first-order valence-electron chi connectivity index (χ1n) is 7.50. The molecule has 0 bridgehead atoms. The van der Waals surface area contributed by atoms with Crippen molar-refractivity contribution in [1.29, 1.82) is 0 Å². The van der Waals surface area contributed by atoms with E-state index in [9.17, 15) is 10.2 Å². The Kier molecular flexibility index (Phi) is 5.85. The van der Waals surface area contributed by atoms with Crippen molar-refractivity contribution >= 4 is 0 Å². The van der Waals surface area contributed by atoms with Crippen molar-refractivity contribution in [2.75, 3.05) is 26.4 Å². The number of para-hydroxylation sites is 1. The van der Waals surface area contributed by atoms with Crippen LogP contribution in [0, 0.1) is 5.92 Å². The molecule has 5 heteroatoms. The third kappa shape index (κ3) is 4.59. The number of nitrogens with one attached hydrogen (secondary N) is 1. The lowest BCUT2D eigenvalue weighted by Gasteiger charge is -2.26. The van der Waals surface area contributed by atoms with Gasteiger partial charge in [-0.3, -0.25) is 0 Å². The minimum Gasteiger partial charge on any atom is -0.489 e. The standard InChI is InChI=1S/C16H25NO4/c1-11(2)17-7-14(19)10-20-15-5-3-4-13-6-12(8-18)9-21-16(13)15/h3-5,11-12,14,17-19H,6-10H2,1-2H3. The van der Waals surface area contributed by atoms with E-state index in [1.807, 2.05) is 32.0 Å². The van der Waals surface area contributed by atoms with Gasteiger partial charge in [0.2, 0.25) is 0 Å². The quantitative estimate of drug-likeness (QED) is 0.699. The Morgan fingerprint density at radius 1 is 1.43 bits per heavy atom. The maximum atomic E-state index is 9.88. The van der Waals surface area contributed by atoms with E-state index in [1.165, 1.54) is 0 Å². The average molecular weight is 295 g/mol. The molecule has 0 radical (unpaired) electrons.